The van der Waals surface area contributed by atoms with Crippen LogP contribution in [0.3, 0.4) is 0 Å². The van der Waals surface area contributed by atoms with Gasteiger partial charge in [0, 0.05) is 32.0 Å². The van der Waals surface area contributed by atoms with Gasteiger partial charge in [-0.05, 0) is 18.9 Å². The van der Waals surface area contributed by atoms with E-state index in [1.165, 1.54) is 6.42 Å². The average Bonchev–Trinajstić information content (AvgIpc) is 2.26. The summed E-state index contributed by atoms with van der Waals surface area (Å²) in [6.07, 6.45) is 2.16. The minimum atomic E-state index is -0.205. The number of methoxy groups -OCH3 is 1. The Morgan fingerprint density at radius 2 is 2.06 bits per heavy atom. The Bertz CT molecular complexity index is 257. The summed E-state index contributed by atoms with van der Waals surface area (Å²) in [5.74, 6) is 0.986. The van der Waals surface area contributed by atoms with Crippen molar-refractivity contribution in [1.29, 1.82) is 0 Å². The molecule has 3 nitrogen and oxygen atoms in total. The van der Waals surface area contributed by atoms with Crippen molar-refractivity contribution in [2.24, 2.45) is 11.3 Å². The van der Waals surface area contributed by atoms with Gasteiger partial charge in [-0.3, -0.25) is 4.79 Å². The number of hydrogen-bond acceptors (Lipinski definition) is 3. The molecule has 0 spiro atoms. The number of nitrogens with zero attached hydrogens (tertiary/aromatic N) is 1. The number of hydrogen-bond donors (Lipinski definition) is 0. The van der Waals surface area contributed by atoms with Crippen LogP contribution in [-0.2, 0) is 9.53 Å². The molecule has 1 aliphatic rings. The number of carbonyl (C=O) groups is 1. The van der Waals surface area contributed by atoms with E-state index in [-0.39, 0.29) is 5.41 Å². The molecule has 0 radical (unpaired) electrons. The number of Topliss-reactive ketones (excluding diaryl/α,β-unsaturated/α-hetero) is 1. The molecule has 1 fully saturated rings. The largest absolute Gasteiger partial charge is 0.380 e. The van der Waals surface area contributed by atoms with Gasteiger partial charge in [0.15, 0.2) is 0 Å². The first kappa shape index (κ1) is 14.7. The fraction of sp³-hybridized carbons (Fsp3) is 0.929. The lowest BCUT2D eigenvalue weighted by molar-refractivity contribution is -0.126. The van der Waals surface area contributed by atoms with Crippen LogP contribution in [0.25, 0.3) is 0 Å². The molecular formula is C14H27NO2. The SMILES string of the molecule is COC1CN(CCC(=O)C(C)(C)C)CCC1C. The number of carbonyl (C=O) groups excluding carboxylic acids is 1. The Hall–Kier alpha value is -0.410. The summed E-state index contributed by atoms with van der Waals surface area (Å²) in [5, 5.41) is 0. The van der Waals surface area contributed by atoms with Gasteiger partial charge in [-0.2, -0.15) is 0 Å². The van der Waals surface area contributed by atoms with Gasteiger partial charge in [-0.25, -0.2) is 0 Å². The second-order valence-corrected chi connectivity index (χ2v) is 6.26. The van der Waals surface area contributed by atoms with E-state index in [2.05, 4.69) is 11.8 Å². The van der Waals surface area contributed by atoms with Gasteiger partial charge in [0.05, 0.1) is 6.10 Å². The Morgan fingerprint density at radius 3 is 2.59 bits per heavy atom. The second-order valence-electron chi connectivity index (χ2n) is 6.26. The molecule has 0 bridgehead atoms. The molecule has 1 saturated heterocycles. The molecule has 1 aliphatic heterocycles. The van der Waals surface area contributed by atoms with E-state index in [9.17, 15) is 4.79 Å². The topological polar surface area (TPSA) is 29.5 Å². The molecule has 1 heterocycles. The molecule has 0 N–H and O–H groups in total. The first-order valence-corrected chi connectivity index (χ1v) is 6.63. The van der Waals surface area contributed by atoms with Crippen molar-refractivity contribution in [1.82, 2.24) is 4.90 Å². The highest BCUT2D eigenvalue weighted by atomic mass is 16.5. The van der Waals surface area contributed by atoms with Gasteiger partial charge in [0.25, 0.3) is 0 Å². The summed E-state index contributed by atoms with van der Waals surface area (Å²) in [7, 11) is 1.78. The average molecular weight is 241 g/mol. The molecule has 3 heteroatoms. The summed E-state index contributed by atoms with van der Waals surface area (Å²) in [6, 6.07) is 0. The number of rotatable bonds is 4. The van der Waals surface area contributed by atoms with Crippen LogP contribution in [0, 0.1) is 11.3 Å². The number of likely N-dealkylation sites (tertiary alicyclic amines) is 1. The van der Waals surface area contributed by atoms with Gasteiger partial charge in [0.2, 0.25) is 0 Å². The lowest BCUT2D eigenvalue weighted by Gasteiger charge is -2.36. The fourth-order valence-electron chi connectivity index (χ4n) is 2.24. The van der Waals surface area contributed by atoms with Crippen molar-refractivity contribution < 1.29 is 9.53 Å². The Kier molecular flexibility index (Phi) is 5.14. The maximum atomic E-state index is 11.9. The van der Waals surface area contributed by atoms with Crippen LogP contribution < -0.4 is 0 Å². The maximum Gasteiger partial charge on any atom is 0.139 e. The second kappa shape index (κ2) is 5.96. The van der Waals surface area contributed by atoms with Crippen LogP contribution >= 0.6 is 0 Å². The van der Waals surface area contributed by atoms with E-state index in [1.54, 1.807) is 7.11 Å². The summed E-state index contributed by atoms with van der Waals surface area (Å²) in [5.41, 5.74) is -0.205. The molecule has 17 heavy (non-hydrogen) atoms. The fourth-order valence-corrected chi connectivity index (χ4v) is 2.24. The predicted octanol–water partition coefficient (Wildman–Crippen LogP) is 2.35. The normalized spacial score (nSPS) is 27.1. The van der Waals surface area contributed by atoms with E-state index in [0.717, 1.165) is 19.6 Å². The highest BCUT2D eigenvalue weighted by Crippen LogP contribution is 2.21. The minimum absolute atomic E-state index is 0.205. The number of ketones is 1. The Morgan fingerprint density at radius 1 is 1.41 bits per heavy atom. The van der Waals surface area contributed by atoms with Gasteiger partial charge < -0.3 is 9.64 Å². The predicted molar refractivity (Wildman–Crippen MR) is 70.1 cm³/mol. The molecule has 0 aromatic carbocycles. The third-order valence-corrected chi connectivity index (χ3v) is 3.77. The first-order chi connectivity index (χ1) is 7.84. The third-order valence-electron chi connectivity index (χ3n) is 3.77. The maximum absolute atomic E-state index is 11.9. The van der Waals surface area contributed by atoms with E-state index in [1.807, 2.05) is 20.8 Å². The molecule has 0 aliphatic carbocycles. The van der Waals surface area contributed by atoms with E-state index >= 15 is 0 Å². The molecule has 100 valence electrons. The highest BCUT2D eigenvalue weighted by Gasteiger charge is 2.27. The van der Waals surface area contributed by atoms with Gasteiger partial charge in [-0.15, -0.1) is 0 Å². The minimum Gasteiger partial charge on any atom is -0.380 e. The van der Waals surface area contributed by atoms with Crippen molar-refractivity contribution in [3.63, 3.8) is 0 Å². The Labute approximate surface area is 106 Å². The Balaban J connectivity index is 2.36. The zero-order valence-electron chi connectivity index (χ0n) is 12.0. The molecule has 2 atom stereocenters. The molecule has 1 rings (SSSR count). The first-order valence-electron chi connectivity index (χ1n) is 6.63. The summed E-state index contributed by atoms with van der Waals surface area (Å²) >= 11 is 0. The van der Waals surface area contributed by atoms with Crippen molar-refractivity contribution in [2.75, 3.05) is 26.7 Å². The van der Waals surface area contributed by atoms with Crippen molar-refractivity contribution in [3.05, 3.63) is 0 Å². The van der Waals surface area contributed by atoms with Gasteiger partial charge >= 0.3 is 0 Å². The highest BCUT2D eigenvalue weighted by molar-refractivity contribution is 5.83. The van der Waals surface area contributed by atoms with E-state index in [0.29, 0.717) is 24.2 Å². The zero-order chi connectivity index (χ0) is 13.1. The van der Waals surface area contributed by atoms with Crippen LogP contribution in [0.4, 0.5) is 0 Å². The van der Waals surface area contributed by atoms with Crippen LogP contribution in [0.15, 0.2) is 0 Å². The van der Waals surface area contributed by atoms with Crippen molar-refractivity contribution in [3.8, 4) is 0 Å². The van der Waals surface area contributed by atoms with Crippen molar-refractivity contribution >= 4 is 5.78 Å². The zero-order valence-corrected chi connectivity index (χ0v) is 12.0. The molecule has 0 aromatic rings. The van der Waals surface area contributed by atoms with Crippen LogP contribution in [-0.4, -0.2) is 43.5 Å². The van der Waals surface area contributed by atoms with Gasteiger partial charge in [0.1, 0.15) is 5.78 Å². The van der Waals surface area contributed by atoms with Crippen LogP contribution in [0.2, 0.25) is 0 Å². The number of ether oxygens (including phenoxy) is 1. The molecule has 0 saturated carbocycles. The van der Waals surface area contributed by atoms with E-state index in [4.69, 9.17) is 4.74 Å². The summed E-state index contributed by atoms with van der Waals surface area (Å²) < 4.78 is 5.48. The molecular weight excluding hydrogens is 214 g/mol. The lowest BCUT2D eigenvalue weighted by Crippen LogP contribution is -2.44. The summed E-state index contributed by atoms with van der Waals surface area (Å²) in [6.45, 7) is 11.2. The lowest BCUT2D eigenvalue weighted by atomic mass is 9.88. The smallest absolute Gasteiger partial charge is 0.139 e. The van der Waals surface area contributed by atoms with E-state index < -0.39 is 0 Å². The van der Waals surface area contributed by atoms with Crippen LogP contribution in [0.5, 0.6) is 0 Å². The molecule has 0 aromatic heterocycles. The standard InChI is InChI=1S/C14H27NO2/c1-11-6-8-15(10-12(11)17-5)9-7-13(16)14(2,3)4/h11-12H,6-10H2,1-5H3. The molecule has 2 unspecified atom stereocenters. The van der Waals surface area contributed by atoms with Crippen molar-refractivity contribution in [2.45, 2.75) is 46.6 Å². The van der Waals surface area contributed by atoms with Crippen LogP contribution in [0.1, 0.15) is 40.5 Å². The van der Waals surface area contributed by atoms with Gasteiger partial charge in [-0.1, -0.05) is 27.7 Å². The monoisotopic (exact) mass is 241 g/mol. The summed E-state index contributed by atoms with van der Waals surface area (Å²) in [4.78, 5) is 14.2. The molecule has 0 amide bonds. The quantitative estimate of drug-likeness (QED) is 0.756. The third kappa shape index (κ3) is 4.40. The number of piperidine rings is 1.